The summed E-state index contributed by atoms with van der Waals surface area (Å²) in [5, 5.41) is 14.7. The van der Waals surface area contributed by atoms with Crippen LogP contribution in [0.2, 0.25) is 0 Å². The third-order valence-electron chi connectivity index (χ3n) is 7.17. The molecule has 3 aromatic carbocycles. The zero-order chi connectivity index (χ0) is 28.9. The highest BCUT2D eigenvalue weighted by Gasteiger charge is 2.21. The lowest BCUT2D eigenvalue weighted by molar-refractivity contribution is 0.0600. The summed E-state index contributed by atoms with van der Waals surface area (Å²) in [4.78, 5) is 35.0. The minimum absolute atomic E-state index is 0.0695. The van der Waals surface area contributed by atoms with Gasteiger partial charge in [0, 0.05) is 70.5 Å². The number of rotatable bonds is 8. The fourth-order valence-corrected chi connectivity index (χ4v) is 6.04. The maximum Gasteiger partial charge on any atom is 0.338 e. The summed E-state index contributed by atoms with van der Waals surface area (Å²) < 4.78 is 16.4. The number of nitrogens with zero attached hydrogens (tertiary/aromatic N) is 2. The van der Waals surface area contributed by atoms with Crippen LogP contribution in [0.5, 0.6) is 5.88 Å². The van der Waals surface area contributed by atoms with Crippen molar-refractivity contribution < 1.29 is 23.6 Å². The number of ether oxygens (including phenoxy) is 1. The molecular formula is C31H32N4O5S. The van der Waals surface area contributed by atoms with Gasteiger partial charge in [0.15, 0.2) is 5.88 Å². The van der Waals surface area contributed by atoms with E-state index < -0.39 is 16.8 Å². The molecule has 0 saturated carbocycles. The van der Waals surface area contributed by atoms with Gasteiger partial charge in [-0.15, -0.1) is 0 Å². The quantitative estimate of drug-likeness (QED) is 0.217. The molecule has 0 aliphatic carbocycles. The van der Waals surface area contributed by atoms with E-state index in [1.54, 1.807) is 30.3 Å². The van der Waals surface area contributed by atoms with Crippen LogP contribution in [0.3, 0.4) is 0 Å². The summed E-state index contributed by atoms with van der Waals surface area (Å²) in [6.45, 7) is 4.63. The molecule has 1 amide bonds. The first-order valence-corrected chi connectivity index (χ1v) is 14.9. The van der Waals surface area contributed by atoms with Crippen LogP contribution in [-0.4, -0.2) is 81.6 Å². The second-order valence-electron chi connectivity index (χ2n) is 9.87. The van der Waals surface area contributed by atoms with Gasteiger partial charge in [-0.3, -0.25) is 13.9 Å². The predicted molar refractivity (Wildman–Crippen MR) is 161 cm³/mol. The Hall–Kier alpha value is -4.28. The smallest absolute Gasteiger partial charge is 0.338 e. The van der Waals surface area contributed by atoms with Crippen molar-refractivity contribution in [3.63, 3.8) is 0 Å². The van der Waals surface area contributed by atoms with Crippen molar-refractivity contribution in [2.24, 2.45) is 4.99 Å². The van der Waals surface area contributed by atoms with Crippen molar-refractivity contribution in [3.05, 3.63) is 94.5 Å². The van der Waals surface area contributed by atoms with Crippen molar-refractivity contribution in [1.82, 2.24) is 15.2 Å². The molecule has 1 aromatic heterocycles. The van der Waals surface area contributed by atoms with Crippen LogP contribution in [0, 0.1) is 6.92 Å². The third-order valence-corrected chi connectivity index (χ3v) is 8.44. The average molecular weight is 573 g/mol. The van der Waals surface area contributed by atoms with Crippen LogP contribution in [-0.2, 0) is 15.5 Å². The summed E-state index contributed by atoms with van der Waals surface area (Å²) in [5.41, 5.74) is 4.67. The van der Waals surface area contributed by atoms with Crippen LogP contribution < -0.4 is 5.32 Å². The highest BCUT2D eigenvalue weighted by Crippen LogP contribution is 2.33. The monoisotopic (exact) mass is 572 g/mol. The summed E-state index contributed by atoms with van der Waals surface area (Å²) in [5.74, 6) is 0.678. The Kier molecular flexibility index (Phi) is 8.61. The average Bonchev–Trinajstić information content (AvgIpc) is 3.30. The lowest BCUT2D eigenvalue weighted by Gasteiger charge is -2.25. The summed E-state index contributed by atoms with van der Waals surface area (Å²) in [7, 11) is 0.614. The zero-order valence-electron chi connectivity index (χ0n) is 23.0. The van der Waals surface area contributed by atoms with E-state index >= 15 is 0 Å². The van der Waals surface area contributed by atoms with E-state index in [2.05, 4.69) is 15.2 Å². The highest BCUT2D eigenvalue weighted by molar-refractivity contribution is 7.85. The molecular weight excluding hydrogens is 540 g/mol. The first-order valence-electron chi connectivity index (χ1n) is 13.4. The van der Waals surface area contributed by atoms with Gasteiger partial charge in [0.25, 0.3) is 5.91 Å². The SMILES string of the molecule is COC(=O)c1cc2[nH]c(O)c(C(=Nc3ccc(C(=O)NCCN4CCS(=O)CC4)cc3)c3ccccc3)c2cc1C. The fraction of sp³-hybridized carbons (Fsp3) is 0.258. The van der Waals surface area contributed by atoms with Gasteiger partial charge in [0.2, 0.25) is 0 Å². The molecule has 1 aliphatic heterocycles. The zero-order valence-corrected chi connectivity index (χ0v) is 23.8. The van der Waals surface area contributed by atoms with E-state index in [0.29, 0.717) is 62.6 Å². The molecule has 9 nitrogen and oxygen atoms in total. The number of esters is 1. The maximum absolute atomic E-state index is 12.7. The number of fused-ring (bicyclic) bond motifs is 1. The van der Waals surface area contributed by atoms with Gasteiger partial charge in [0.05, 0.1) is 29.6 Å². The summed E-state index contributed by atoms with van der Waals surface area (Å²) in [6.07, 6.45) is 0. The number of aromatic nitrogens is 1. The number of carbonyl (C=O) groups excluding carboxylic acids is 2. The molecule has 4 aromatic rings. The number of carbonyl (C=O) groups is 2. The largest absolute Gasteiger partial charge is 0.494 e. The van der Waals surface area contributed by atoms with E-state index in [-0.39, 0.29) is 11.8 Å². The second kappa shape index (κ2) is 12.5. The van der Waals surface area contributed by atoms with E-state index in [9.17, 15) is 18.9 Å². The van der Waals surface area contributed by atoms with Crippen molar-refractivity contribution in [1.29, 1.82) is 0 Å². The predicted octanol–water partition coefficient (Wildman–Crippen LogP) is 3.93. The number of hydrogen-bond acceptors (Lipinski definition) is 7. The Morgan fingerprint density at radius 3 is 2.44 bits per heavy atom. The second-order valence-corrected chi connectivity index (χ2v) is 11.6. The molecule has 0 atom stereocenters. The minimum atomic E-state index is -0.719. The molecule has 0 spiro atoms. The number of H-pyrrole nitrogens is 1. The summed E-state index contributed by atoms with van der Waals surface area (Å²) in [6, 6.07) is 20.0. The Balaban J connectivity index is 1.41. The fourth-order valence-electron chi connectivity index (χ4n) is 4.91. The highest BCUT2D eigenvalue weighted by atomic mass is 32.2. The van der Waals surface area contributed by atoms with Crippen LogP contribution in [0.15, 0.2) is 71.7 Å². The molecule has 0 radical (unpaired) electrons. The Bertz CT molecular complexity index is 1620. The van der Waals surface area contributed by atoms with Crippen molar-refractivity contribution >= 4 is 45.0 Å². The lowest BCUT2D eigenvalue weighted by Crippen LogP contribution is -2.42. The standard InChI is InChI=1S/C31H32N4O5S/c1-20-18-25-26(19-24(20)31(38)40-2)34-30(37)27(25)28(21-6-4-3-5-7-21)33-23-10-8-22(9-11-23)29(36)32-12-13-35-14-16-41(39)17-15-35/h3-11,18-19,34,37H,12-17H2,1-2H3,(H,32,36). The molecule has 1 fully saturated rings. The van der Waals surface area contributed by atoms with Gasteiger partial charge >= 0.3 is 5.97 Å². The van der Waals surface area contributed by atoms with E-state index in [4.69, 9.17) is 9.73 Å². The number of hydrogen-bond donors (Lipinski definition) is 3. The van der Waals surface area contributed by atoms with E-state index in [1.165, 1.54) is 7.11 Å². The van der Waals surface area contributed by atoms with Crippen molar-refractivity contribution in [2.75, 3.05) is 44.8 Å². The molecule has 0 bridgehead atoms. The van der Waals surface area contributed by atoms with E-state index in [1.807, 2.05) is 43.3 Å². The van der Waals surface area contributed by atoms with Crippen LogP contribution in [0.4, 0.5) is 5.69 Å². The number of aryl methyl sites for hydroxylation is 1. The number of aliphatic imine (C=N–C) groups is 1. The Labute approximate surface area is 240 Å². The van der Waals surface area contributed by atoms with Crippen LogP contribution in [0.25, 0.3) is 10.9 Å². The van der Waals surface area contributed by atoms with Crippen molar-refractivity contribution in [2.45, 2.75) is 6.92 Å². The van der Waals surface area contributed by atoms with Gasteiger partial charge < -0.3 is 20.1 Å². The number of aromatic amines is 1. The third kappa shape index (κ3) is 6.39. The first kappa shape index (κ1) is 28.3. The van der Waals surface area contributed by atoms with Crippen LogP contribution in [0.1, 0.15) is 37.4 Å². The molecule has 10 heteroatoms. The maximum atomic E-state index is 12.7. The molecule has 2 heterocycles. The van der Waals surface area contributed by atoms with Gasteiger partial charge in [-0.25, -0.2) is 9.79 Å². The van der Waals surface area contributed by atoms with Crippen LogP contribution >= 0.6 is 0 Å². The van der Waals surface area contributed by atoms with Gasteiger partial charge in [-0.05, 0) is 48.9 Å². The lowest BCUT2D eigenvalue weighted by atomic mass is 9.98. The number of benzene rings is 3. The molecule has 5 rings (SSSR count). The number of aromatic hydroxyl groups is 1. The number of methoxy groups -OCH3 is 1. The summed E-state index contributed by atoms with van der Waals surface area (Å²) >= 11 is 0. The molecule has 212 valence electrons. The molecule has 1 saturated heterocycles. The molecule has 41 heavy (non-hydrogen) atoms. The number of nitrogens with one attached hydrogen (secondary N) is 2. The van der Waals surface area contributed by atoms with Gasteiger partial charge in [-0.2, -0.15) is 0 Å². The minimum Gasteiger partial charge on any atom is -0.494 e. The molecule has 3 N–H and O–H groups in total. The van der Waals surface area contributed by atoms with Gasteiger partial charge in [0.1, 0.15) is 0 Å². The normalized spacial score (nSPS) is 14.7. The first-order chi connectivity index (χ1) is 19.8. The Morgan fingerprint density at radius 2 is 1.76 bits per heavy atom. The van der Waals surface area contributed by atoms with Gasteiger partial charge in [-0.1, -0.05) is 30.3 Å². The topological polar surface area (TPSA) is 124 Å². The number of amides is 1. The molecule has 0 unspecified atom stereocenters. The van der Waals surface area contributed by atoms with E-state index in [0.717, 1.165) is 25.2 Å². The van der Waals surface area contributed by atoms with Crippen molar-refractivity contribution in [3.8, 4) is 5.88 Å². The molecule has 1 aliphatic rings. The Morgan fingerprint density at radius 1 is 1.05 bits per heavy atom.